The van der Waals surface area contributed by atoms with E-state index in [0.29, 0.717) is 42.1 Å². The van der Waals surface area contributed by atoms with Crippen molar-refractivity contribution in [2.45, 2.75) is 12.1 Å². The van der Waals surface area contributed by atoms with Crippen molar-refractivity contribution in [3.8, 4) is 5.75 Å². The molecule has 0 bridgehead atoms. The number of aliphatic imine (C=N–C) groups is 2. The fourth-order valence-corrected chi connectivity index (χ4v) is 3.56. The van der Waals surface area contributed by atoms with E-state index >= 15 is 0 Å². The Morgan fingerprint density at radius 3 is 1.63 bits per heavy atom. The van der Waals surface area contributed by atoms with Gasteiger partial charge < -0.3 is 14.2 Å². The Morgan fingerprint density at radius 2 is 1.20 bits per heavy atom. The summed E-state index contributed by atoms with van der Waals surface area (Å²) in [7, 11) is 1.62. The molecule has 1 aromatic heterocycles. The molecule has 0 unspecified atom stereocenters. The van der Waals surface area contributed by atoms with E-state index in [9.17, 15) is 0 Å². The summed E-state index contributed by atoms with van der Waals surface area (Å²) in [5.41, 5.74) is 3.45. The van der Waals surface area contributed by atoms with E-state index in [1.807, 2.05) is 48.5 Å². The highest BCUT2D eigenvalue weighted by atomic mass is 16.5. The highest BCUT2D eigenvalue weighted by molar-refractivity contribution is 5.98. The topological polar surface area (TPSA) is 65.3 Å². The quantitative estimate of drug-likeness (QED) is 0.647. The van der Waals surface area contributed by atoms with E-state index in [1.54, 1.807) is 7.11 Å². The Balaban J connectivity index is 1.45. The van der Waals surface area contributed by atoms with Gasteiger partial charge in [0.2, 0.25) is 11.8 Å². The van der Waals surface area contributed by atoms with Gasteiger partial charge in [0.05, 0.1) is 7.11 Å². The summed E-state index contributed by atoms with van der Waals surface area (Å²) in [6.45, 7) is 0.974. The number of methoxy groups -OCH3 is 1. The van der Waals surface area contributed by atoms with Crippen LogP contribution in [0.5, 0.6) is 5.75 Å². The fourth-order valence-electron chi connectivity index (χ4n) is 3.56. The van der Waals surface area contributed by atoms with Crippen LogP contribution in [0.2, 0.25) is 0 Å². The summed E-state index contributed by atoms with van der Waals surface area (Å²) in [5, 5.41) is 0. The summed E-state index contributed by atoms with van der Waals surface area (Å²) in [6.07, 6.45) is 0. The van der Waals surface area contributed by atoms with Crippen LogP contribution in [-0.2, 0) is 9.47 Å². The third kappa shape index (κ3) is 3.64. The first kappa shape index (κ1) is 18.4. The molecule has 150 valence electrons. The molecule has 6 nitrogen and oxygen atoms in total. The van der Waals surface area contributed by atoms with Crippen LogP contribution in [0.3, 0.4) is 0 Å². The molecule has 0 aliphatic carbocycles. The van der Waals surface area contributed by atoms with E-state index < -0.39 is 0 Å². The third-order valence-electron chi connectivity index (χ3n) is 5.14. The molecule has 0 saturated carbocycles. The average Bonchev–Trinajstić information content (AvgIpc) is 3.50. The molecule has 2 atom stereocenters. The van der Waals surface area contributed by atoms with Crippen molar-refractivity contribution in [2.24, 2.45) is 9.98 Å². The third-order valence-corrected chi connectivity index (χ3v) is 5.14. The number of rotatable bonds is 5. The molecule has 0 fully saturated rings. The predicted octanol–water partition coefficient (Wildman–Crippen LogP) is 4.13. The van der Waals surface area contributed by atoms with Crippen LogP contribution >= 0.6 is 0 Å². The monoisotopic (exact) mass is 399 g/mol. The van der Waals surface area contributed by atoms with E-state index in [1.165, 1.54) is 0 Å². The molecular weight excluding hydrogens is 378 g/mol. The van der Waals surface area contributed by atoms with Crippen molar-refractivity contribution in [1.29, 1.82) is 0 Å². The second-order valence-corrected chi connectivity index (χ2v) is 7.12. The van der Waals surface area contributed by atoms with Crippen molar-refractivity contribution < 1.29 is 14.2 Å². The van der Waals surface area contributed by atoms with Crippen LogP contribution in [0.1, 0.15) is 34.6 Å². The normalized spacial score (nSPS) is 20.2. The lowest BCUT2D eigenvalue weighted by molar-refractivity contribution is 0.317. The minimum Gasteiger partial charge on any atom is -0.497 e. The summed E-state index contributed by atoms with van der Waals surface area (Å²) in [5.74, 6) is 1.66. The zero-order chi connectivity index (χ0) is 20.3. The fraction of sp³-hybridized carbons (Fsp3) is 0.208. The molecule has 0 spiro atoms. The minimum absolute atomic E-state index is 0.0415. The van der Waals surface area contributed by atoms with Crippen molar-refractivity contribution in [3.63, 3.8) is 0 Å². The molecule has 0 N–H and O–H groups in total. The number of nitrogens with zero attached hydrogens (tertiary/aromatic N) is 3. The number of pyridine rings is 1. The summed E-state index contributed by atoms with van der Waals surface area (Å²) < 4.78 is 17.2. The Kier molecular flexibility index (Phi) is 4.89. The van der Waals surface area contributed by atoms with Gasteiger partial charge in [-0.05, 0) is 11.1 Å². The van der Waals surface area contributed by atoms with Gasteiger partial charge in [0, 0.05) is 12.1 Å². The zero-order valence-electron chi connectivity index (χ0n) is 16.6. The van der Waals surface area contributed by atoms with E-state index in [4.69, 9.17) is 29.2 Å². The lowest BCUT2D eigenvalue weighted by Crippen LogP contribution is -2.11. The highest BCUT2D eigenvalue weighted by Crippen LogP contribution is 2.28. The minimum atomic E-state index is -0.0415. The zero-order valence-corrected chi connectivity index (χ0v) is 16.6. The molecule has 2 aliphatic heterocycles. The van der Waals surface area contributed by atoms with E-state index in [0.717, 1.165) is 11.1 Å². The lowest BCUT2D eigenvalue weighted by atomic mass is 10.1. The average molecular weight is 399 g/mol. The standard InChI is InChI=1S/C24H21N3O3/c1-28-18-12-19(23-26-21(14-29-23)16-8-4-2-5-9-16)25-20(13-18)24-27-22(15-30-24)17-10-6-3-7-11-17/h2-13,21-22H,14-15H2,1H3/t21-,22-/m0/s1. The van der Waals surface area contributed by atoms with E-state index in [-0.39, 0.29) is 12.1 Å². The van der Waals surface area contributed by atoms with Crippen molar-refractivity contribution in [1.82, 2.24) is 4.98 Å². The maximum absolute atomic E-state index is 5.86. The lowest BCUT2D eigenvalue weighted by Gasteiger charge is -2.08. The molecule has 2 aliphatic rings. The largest absolute Gasteiger partial charge is 0.497 e. The molecule has 3 heterocycles. The molecule has 0 radical (unpaired) electrons. The molecular formula is C24H21N3O3. The Bertz CT molecular complexity index is 1010. The van der Waals surface area contributed by atoms with Crippen molar-refractivity contribution >= 4 is 11.8 Å². The van der Waals surface area contributed by atoms with Gasteiger partial charge in [-0.15, -0.1) is 0 Å². The first-order valence-corrected chi connectivity index (χ1v) is 9.88. The summed E-state index contributed by atoms with van der Waals surface area (Å²) >= 11 is 0. The maximum Gasteiger partial charge on any atom is 0.236 e. The van der Waals surface area contributed by atoms with Crippen molar-refractivity contribution in [3.05, 3.63) is 95.3 Å². The Morgan fingerprint density at radius 1 is 0.733 bits per heavy atom. The van der Waals surface area contributed by atoms with E-state index in [2.05, 4.69) is 24.3 Å². The SMILES string of the molecule is COc1cc(C2=N[C@H](c3ccccc3)CO2)nc(C2=N[C@H](c3ccccc3)CO2)c1. The first-order valence-electron chi connectivity index (χ1n) is 9.88. The number of hydrogen-bond acceptors (Lipinski definition) is 6. The number of hydrogen-bond donors (Lipinski definition) is 0. The van der Waals surface area contributed by atoms with Crippen LogP contribution in [0.15, 0.2) is 82.8 Å². The van der Waals surface area contributed by atoms with Gasteiger partial charge in [0.15, 0.2) is 0 Å². The summed E-state index contributed by atoms with van der Waals surface area (Å²) in [6, 6.07) is 23.8. The van der Waals surface area contributed by atoms with Gasteiger partial charge >= 0.3 is 0 Å². The molecule has 0 saturated heterocycles. The van der Waals surface area contributed by atoms with Crippen molar-refractivity contribution in [2.75, 3.05) is 20.3 Å². The Labute approximate surface area is 174 Å². The second-order valence-electron chi connectivity index (χ2n) is 7.12. The van der Waals surface area contributed by atoms with Gasteiger partial charge in [-0.2, -0.15) is 0 Å². The highest BCUT2D eigenvalue weighted by Gasteiger charge is 2.26. The van der Waals surface area contributed by atoms with Gasteiger partial charge in [-0.3, -0.25) is 0 Å². The molecule has 30 heavy (non-hydrogen) atoms. The number of ether oxygens (including phenoxy) is 3. The molecule has 6 heteroatoms. The molecule has 5 rings (SSSR count). The maximum atomic E-state index is 5.86. The van der Waals surface area contributed by atoms with Crippen LogP contribution in [0.25, 0.3) is 0 Å². The predicted molar refractivity (Wildman–Crippen MR) is 114 cm³/mol. The first-order chi connectivity index (χ1) is 14.8. The molecule has 3 aromatic rings. The summed E-state index contributed by atoms with van der Waals surface area (Å²) in [4.78, 5) is 14.2. The molecule has 0 amide bonds. The van der Waals surface area contributed by atoms with Gasteiger partial charge in [-0.1, -0.05) is 60.7 Å². The molecule has 2 aromatic carbocycles. The number of aromatic nitrogens is 1. The second kappa shape index (κ2) is 7.99. The van der Waals surface area contributed by atoms with Crippen LogP contribution in [-0.4, -0.2) is 37.1 Å². The van der Waals surface area contributed by atoms with Gasteiger partial charge in [-0.25, -0.2) is 15.0 Å². The van der Waals surface area contributed by atoms with Gasteiger partial charge in [0.25, 0.3) is 0 Å². The number of benzene rings is 2. The van der Waals surface area contributed by atoms with Crippen LogP contribution < -0.4 is 4.74 Å². The van der Waals surface area contributed by atoms with Crippen LogP contribution in [0.4, 0.5) is 0 Å². The Hall–Kier alpha value is -3.67. The smallest absolute Gasteiger partial charge is 0.236 e. The van der Waals surface area contributed by atoms with Gasteiger partial charge in [0.1, 0.15) is 42.4 Å². The van der Waals surface area contributed by atoms with Crippen LogP contribution in [0, 0.1) is 0 Å².